The molecule has 144 valence electrons. The molecule has 0 aliphatic heterocycles. The molecule has 0 bridgehead atoms. The van der Waals surface area contributed by atoms with Crippen molar-refractivity contribution in [3.8, 4) is 11.1 Å². The number of fused-ring (bicyclic) bond motifs is 1. The molecule has 0 saturated carbocycles. The highest BCUT2D eigenvalue weighted by molar-refractivity contribution is 6.30. The quantitative estimate of drug-likeness (QED) is 0.356. The summed E-state index contributed by atoms with van der Waals surface area (Å²) in [6, 6.07) is 21.8. The van der Waals surface area contributed by atoms with E-state index in [0.717, 1.165) is 27.8 Å². The highest BCUT2D eigenvalue weighted by atomic mass is 35.5. The lowest BCUT2D eigenvalue weighted by Gasteiger charge is -2.12. The molecule has 0 aliphatic carbocycles. The Bertz CT molecular complexity index is 1150. The molecular formula is C23H20ClN5. The van der Waals surface area contributed by atoms with Gasteiger partial charge in [0.15, 0.2) is 11.5 Å². The lowest BCUT2D eigenvalue weighted by Crippen LogP contribution is -2.08. The number of hydrogen-bond acceptors (Lipinski definition) is 5. The fraction of sp³-hybridized carbons (Fsp3) is 0.0870. The molecule has 0 saturated heterocycles. The maximum atomic E-state index is 6.05. The van der Waals surface area contributed by atoms with Crippen LogP contribution in [0.1, 0.15) is 5.56 Å². The molecule has 2 aromatic heterocycles. The van der Waals surface area contributed by atoms with Crippen molar-refractivity contribution < 1.29 is 0 Å². The van der Waals surface area contributed by atoms with Crippen LogP contribution in [0, 0.1) is 0 Å². The molecule has 2 aromatic carbocycles. The Morgan fingerprint density at radius 2 is 1.76 bits per heavy atom. The molecule has 0 aliphatic rings. The fourth-order valence-corrected chi connectivity index (χ4v) is 3.09. The van der Waals surface area contributed by atoms with Crippen LogP contribution in [0.25, 0.3) is 22.2 Å². The first-order valence-corrected chi connectivity index (χ1v) is 9.56. The molecule has 0 spiro atoms. The lowest BCUT2D eigenvalue weighted by molar-refractivity contribution is 1.13. The minimum absolute atomic E-state index is 0.639. The standard InChI is InChI=1S/C23H20ClN5/c1-29(2)20-11-5-16(6-12-20)15-26-28-23-21(17-7-9-19(24)10-8-17)14-18-4-3-13-25-22(18)27-23/h3-15H,1-2H3,(H,25,27,28)/b26-15+. The van der Waals surface area contributed by atoms with Crippen molar-refractivity contribution in [1.82, 2.24) is 9.97 Å². The molecule has 0 fully saturated rings. The minimum Gasteiger partial charge on any atom is -0.378 e. The van der Waals surface area contributed by atoms with Crippen molar-refractivity contribution in [3.63, 3.8) is 0 Å². The maximum absolute atomic E-state index is 6.05. The molecule has 6 heteroatoms. The maximum Gasteiger partial charge on any atom is 0.161 e. The summed E-state index contributed by atoms with van der Waals surface area (Å²) in [7, 11) is 4.03. The van der Waals surface area contributed by atoms with Crippen molar-refractivity contribution >= 4 is 40.4 Å². The molecule has 1 N–H and O–H groups in total. The third-order valence-corrected chi connectivity index (χ3v) is 4.79. The van der Waals surface area contributed by atoms with Gasteiger partial charge >= 0.3 is 0 Å². The van der Waals surface area contributed by atoms with E-state index in [1.165, 1.54) is 0 Å². The van der Waals surface area contributed by atoms with Crippen LogP contribution in [0.5, 0.6) is 0 Å². The van der Waals surface area contributed by atoms with Gasteiger partial charge in [0.05, 0.1) is 6.21 Å². The van der Waals surface area contributed by atoms with E-state index in [1.807, 2.05) is 62.6 Å². The second kappa shape index (κ2) is 8.29. The largest absolute Gasteiger partial charge is 0.378 e. The summed E-state index contributed by atoms with van der Waals surface area (Å²) >= 11 is 6.05. The van der Waals surface area contributed by atoms with E-state index >= 15 is 0 Å². The van der Waals surface area contributed by atoms with Gasteiger partial charge in [-0.05, 0) is 53.6 Å². The third-order valence-electron chi connectivity index (χ3n) is 4.54. The van der Waals surface area contributed by atoms with E-state index in [4.69, 9.17) is 11.6 Å². The van der Waals surface area contributed by atoms with Crippen LogP contribution >= 0.6 is 11.6 Å². The Morgan fingerprint density at radius 1 is 1.00 bits per heavy atom. The van der Waals surface area contributed by atoms with Gasteiger partial charge in [0.25, 0.3) is 0 Å². The van der Waals surface area contributed by atoms with Gasteiger partial charge in [-0.25, -0.2) is 9.97 Å². The van der Waals surface area contributed by atoms with Gasteiger partial charge in [0.2, 0.25) is 0 Å². The number of anilines is 2. The zero-order valence-electron chi connectivity index (χ0n) is 16.2. The van der Waals surface area contributed by atoms with Crippen LogP contribution in [-0.4, -0.2) is 30.3 Å². The number of hydrazone groups is 1. The number of nitrogens with one attached hydrogen (secondary N) is 1. The number of nitrogens with zero attached hydrogens (tertiary/aromatic N) is 4. The number of hydrogen-bond donors (Lipinski definition) is 1. The first kappa shape index (κ1) is 18.9. The van der Waals surface area contributed by atoms with Crippen LogP contribution in [-0.2, 0) is 0 Å². The molecule has 29 heavy (non-hydrogen) atoms. The zero-order valence-corrected chi connectivity index (χ0v) is 16.9. The van der Waals surface area contributed by atoms with Crippen molar-refractivity contribution in [2.45, 2.75) is 0 Å². The Morgan fingerprint density at radius 3 is 2.48 bits per heavy atom. The first-order valence-electron chi connectivity index (χ1n) is 9.18. The van der Waals surface area contributed by atoms with Gasteiger partial charge in [0, 0.05) is 42.0 Å². The van der Waals surface area contributed by atoms with Gasteiger partial charge in [-0.1, -0.05) is 35.9 Å². The van der Waals surface area contributed by atoms with Gasteiger partial charge in [-0.2, -0.15) is 5.10 Å². The molecule has 0 atom stereocenters. The van der Waals surface area contributed by atoms with Crippen LogP contribution in [0.2, 0.25) is 5.02 Å². The van der Waals surface area contributed by atoms with Crippen molar-refractivity contribution in [3.05, 3.63) is 83.5 Å². The first-order chi connectivity index (χ1) is 14.1. The Labute approximate surface area is 174 Å². The Hall–Kier alpha value is -3.44. The summed E-state index contributed by atoms with van der Waals surface area (Å²) in [5.74, 6) is 0.639. The average molecular weight is 402 g/mol. The summed E-state index contributed by atoms with van der Waals surface area (Å²) in [5.41, 5.74) is 7.81. The molecule has 4 aromatic rings. The Balaban J connectivity index is 1.66. The van der Waals surface area contributed by atoms with Crippen LogP contribution in [0.3, 0.4) is 0 Å². The van der Waals surface area contributed by atoms with Gasteiger partial charge < -0.3 is 4.90 Å². The van der Waals surface area contributed by atoms with Crippen LogP contribution < -0.4 is 10.3 Å². The van der Waals surface area contributed by atoms with Gasteiger partial charge in [-0.15, -0.1) is 0 Å². The molecule has 0 unspecified atom stereocenters. The topological polar surface area (TPSA) is 53.4 Å². The monoisotopic (exact) mass is 401 g/mol. The minimum atomic E-state index is 0.639. The molecule has 5 nitrogen and oxygen atoms in total. The zero-order chi connectivity index (χ0) is 20.2. The molecule has 4 rings (SSSR count). The fourth-order valence-electron chi connectivity index (χ4n) is 2.97. The second-order valence-corrected chi connectivity index (χ2v) is 7.23. The number of halogens is 1. The average Bonchev–Trinajstić information content (AvgIpc) is 2.74. The second-order valence-electron chi connectivity index (χ2n) is 6.80. The summed E-state index contributed by atoms with van der Waals surface area (Å²) in [4.78, 5) is 11.1. The Kier molecular flexibility index (Phi) is 5.40. The lowest BCUT2D eigenvalue weighted by atomic mass is 10.1. The SMILES string of the molecule is CN(C)c1ccc(/C=N/Nc2nc3ncccc3cc2-c2ccc(Cl)cc2)cc1. The van der Waals surface area contributed by atoms with E-state index in [1.54, 1.807) is 12.4 Å². The van der Waals surface area contributed by atoms with E-state index in [0.29, 0.717) is 16.5 Å². The number of pyridine rings is 2. The van der Waals surface area contributed by atoms with Crippen molar-refractivity contribution in [2.75, 3.05) is 24.4 Å². The van der Waals surface area contributed by atoms with Gasteiger partial charge in [-0.3, -0.25) is 5.43 Å². The smallest absolute Gasteiger partial charge is 0.161 e. The molecule has 2 heterocycles. The van der Waals surface area contributed by atoms with E-state index in [9.17, 15) is 0 Å². The van der Waals surface area contributed by atoms with E-state index in [2.05, 4.69) is 43.6 Å². The van der Waals surface area contributed by atoms with Crippen LogP contribution in [0.15, 0.2) is 78.0 Å². The summed E-state index contributed by atoms with van der Waals surface area (Å²) in [5, 5.41) is 6.05. The highest BCUT2D eigenvalue weighted by Gasteiger charge is 2.09. The summed E-state index contributed by atoms with van der Waals surface area (Å²) < 4.78 is 0. The molecule has 0 radical (unpaired) electrons. The van der Waals surface area contributed by atoms with Crippen molar-refractivity contribution in [1.29, 1.82) is 0 Å². The summed E-state index contributed by atoms with van der Waals surface area (Å²) in [6.07, 6.45) is 3.51. The normalized spacial score (nSPS) is 11.1. The molecular weight excluding hydrogens is 382 g/mol. The molecule has 0 amide bonds. The number of aromatic nitrogens is 2. The number of rotatable bonds is 5. The van der Waals surface area contributed by atoms with Crippen molar-refractivity contribution in [2.24, 2.45) is 5.10 Å². The van der Waals surface area contributed by atoms with Gasteiger partial charge in [0.1, 0.15) is 0 Å². The van der Waals surface area contributed by atoms with Crippen LogP contribution in [0.4, 0.5) is 11.5 Å². The predicted octanol–water partition coefficient (Wildman–Crippen LogP) is 5.46. The third kappa shape index (κ3) is 4.36. The summed E-state index contributed by atoms with van der Waals surface area (Å²) in [6.45, 7) is 0. The van der Waals surface area contributed by atoms with E-state index < -0.39 is 0 Å². The highest BCUT2D eigenvalue weighted by Crippen LogP contribution is 2.30. The van der Waals surface area contributed by atoms with E-state index in [-0.39, 0.29) is 0 Å². The predicted molar refractivity (Wildman–Crippen MR) is 122 cm³/mol. The number of benzene rings is 2.